The third-order valence-corrected chi connectivity index (χ3v) is 4.03. The van der Waals surface area contributed by atoms with Crippen LogP contribution in [-0.2, 0) is 11.3 Å². The van der Waals surface area contributed by atoms with Crippen molar-refractivity contribution in [1.82, 2.24) is 4.98 Å². The lowest BCUT2D eigenvalue weighted by Crippen LogP contribution is -2.29. The second kappa shape index (κ2) is 8.32. The highest BCUT2D eigenvalue weighted by Crippen LogP contribution is 2.28. The van der Waals surface area contributed by atoms with Crippen LogP contribution < -0.4 is 4.90 Å². The molecule has 0 saturated heterocycles. The molecule has 0 unspecified atom stereocenters. The largest absolute Gasteiger partial charge is 0.506 e. The van der Waals surface area contributed by atoms with Crippen LogP contribution in [0.4, 0.5) is 5.69 Å². The van der Waals surface area contributed by atoms with Gasteiger partial charge in [-0.1, -0.05) is 41.9 Å². The smallest absolute Gasteiger partial charge is 0.251 e. The Labute approximate surface area is 157 Å². The van der Waals surface area contributed by atoms with Gasteiger partial charge in [0.05, 0.1) is 17.9 Å². The van der Waals surface area contributed by atoms with Crippen molar-refractivity contribution in [1.29, 1.82) is 0 Å². The molecule has 0 aliphatic carbocycles. The Morgan fingerprint density at radius 1 is 1.04 bits per heavy atom. The summed E-state index contributed by atoms with van der Waals surface area (Å²) in [5, 5.41) is 10.8. The van der Waals surface area contributed by atoms with Crippen LogP contribution in [-0.4, -0.2) is 16.0 Å². The van der Waals surface area contributed by atoms with Gasteiger partial charge in [0, 0.05) is 17.3 Å². The van der Waals surface area contributed by atoms with Crippen LogP contribution in [0.3, 0.4) is 0 Å². The zero-order valence-corrected chi connectivity index (χ0v) is 14.7. The van der Waals surface area contributed by atoms with Gasteiger partial charge in [-0.25, -0.2) is 0 Å². The van der Waals surface area contributed by atoms with Gasteiger partial charge in [0.1, 0.15) is 5.75 Å². The van der Waals surface area contributed by atoms with Crippen LogP contribution in [0, 0.1) is 0 Å². The van der Waals surface area contributed by atoms with E-state index in [-0.39, 0.29) is 18.2 Å². The van der Waals surface area contributed by atoms with Crippen LogP contribution in [0.1, 0.15) is 11.3 Å². The maximum Gasteiger partial charge on any atom is 0.251 e. The Morgan fingerprint density at radius 2 is 1.77 bits per heavy atom. The number of hydrogen-bond acceptors (Lipinski definition) is 3. The summed E-state index contributed by atoms with van der Waals surface area (Å²) < 4.78 is 0. The first-order chi connectivity index (χ1) is 12.6. The fourth-order valence-electron chi connectivity index (χ4n) is 2.46. The van der Waals surface area contributed by atoms with Gasteiger partial charge in [-0.3, -0.25) is 14.7 Å². The number of pyridine rings is 1. The fraction of sp³-hybridized carbons (Fsp3) is 0.0476. The molecule has 0 aliphatic rings. The molecule has 0 atom stereocenters. The SMILES string of the molecule is O=C(/C=C/c1ccc(Cl)cc1)N(Cc1ccccn1)c1ccccc1O. The van der Waals surface area contributed by atoms with Crippen LogP contribution in [0.5, 0.6) is 5.75 Å². The third-order valence-electron chi connectivity index (χ3n) is 3.77. The first-order valence-corrected chi connectivity index (χ1v) is 8.44. The summed E-state index contributed by atoms with van der Waals surface area (Å²) in [4.78, 5) is 18.6. The standard InChI is InChI=1S/C21H17ClN2O2/c22-17-11-8-16(9-12-17)10-13-21(26)24(15-18-5-3-4-14-23-18)19-6-1-2-7-20(19)25/h1-14,25H,15H2/b13-10+. The van der Waals surface area contributed by atoms with Crippen molar-refractivity contribution in [2.75, 3.05) is 4.90 Å². The van der Waals surface area contributed by atoms with Gasteiger partial charge >= 0.3 is 0 Å². The van der Waals surface area contributed by atoms with E-state index >= 15 is 0 Å². The number of amides is 1. The van der Waals surface area contributed by atoms with E-state index in [4.69, 9.17) is 11.6 Å². The van der Waals surface area contributed by atoms with E-state index in [1.54, 1.807) is 48.7 Å². The molecule has 4 nitrogen and oxygen atoms in total. The molecule has 26 heavy (non-hydrogen) atoms. The number of aromatic hydroxyl groups is 1. The zero-order chi connectivity index (χ0) is 18.4. The molecular formula is C21H17ClN2O2. The van der Waals surface area contributed by atoms with Gasteiger partial charge < -0.3 is 5.11 Å². The van der Waals surface area contributed by atoms with Crippen LogP contribution in [0.2, 0.25) is 5.02 Å². The van der Waals surface area contributed by atoms with E-state index in [1.807, 2.05) is 30.3 Å². The number of nitrogens with zero attached hydrogens (tertiary/aromatic N) is 2. The van der Waals surface area contributed by atoms with E-state index < -0.39 is 0 Å². The highest BCUT2D eigenvalue weighted by atomic mass is 35.5. The van der Waals surface area contributed by atoms with Gasteiger partial charge in [-0.15, -0.1) is 0 Å². The second-order valence-corrected chi connectivity index (χ2v) is 6.06. The number of para-hydroxylation sites is 2. The minimum absolute atomic E-state index is 0.0386. The lowest BCUT2D eigenvalue weighted by atomic mass is 10.2. The minimum atomic E-state index is -0.257. The van der Waals surface area contributed by atoms with Gasteiger partial charge in [-0.05, 0) is 48.0 Å². The molecule has 1 aromatic heterocycles. The number of anilines is 1. The second-order valence-electron chi connectivity index (χ2n) is 5.62. The maximum absolute atomic E-state index is 12.8. The summed E-state index contributed by atoms with van der Waals surface area (Å²) in [6.07, 6.45) is 4.86. The Balaban J connectivity index is 1.88. The highest BCUT2D eigenvalue weighted by Gasteiger charge is 2.17. The van der Waals surface area contributed by atoms with E-state index in [0.29, 0.717) is 10.7 Å². The lowest BCUT2D eigenvalue weighted by molar-refractivity contribution is -0.114. The summed E-state index contributed by atoms with van der Waals surface area (Å²) in [6.45, 7) is 0.252. The molecule has 3 aromatic rings. The van der Waals surface area contributed by atoms with Gasteiger partial charge in [0.15, 0.2) is 0 Å². The van der Waals surface area contributed by atoms with Gasteiger partial charge in [0.25, 0.3) is 5.91 Å². The molecule has 1 amide bonds. The predicted octanol–water partition coefficient (Wildman–Crippen LogP) is 4.69. The quantitative estimate of drug-likeness (QED) is 0.668. The number of carbonyl (C=O) groups excluding carboxylic acids is 1. The van der Waals surface area contributed by atoms with Crippen LogP contribution in [0.15, 0.2) is 79.0 Å². The molecule has 5 heteroatoms. The van der Waals surface area contributed by atoms with E-state index in [1.165, 1.54) is 11.0 Å². The number of hydrogen-bond donors (Lipinski definition) is 1. The minimum Gasteiger partial charge on any atom is -0.506 e. The monoisotopic (exact) mass is 364 g/mol. The Kier molecular flexibility index (Phi) is 5.66. The van der Waals surface area contributed by atoms with Crippen molar-refractivity contribution < 1.29 is 9.90 Å². The van der Waals surface area contributed by atoms with Crippen LogP contribution >= 0.6 is 11.6 Å². The zero-order valence-electron chi connectivity index (χ0n) is 13.9. The van der Waals surface area contributed by atoms with Crippen molar-refractivity contribution in [2.45, 2.75) is 6.54 Å². The fourth-order valence-corrected chi connectivity index (χ4v) is 2.59. The summed E-state index contributed by atoms with van der Waals surface area (Å²) in [6, 6.07) is 19.4. The van der Waals surface area contributed by atoms with Gasteiger partial charge in [-0.2, -0.15) is 0 Å². The Morgan fingerprint density at radius 3 is 2.46 bits per heavy atom. The highest BCUT2D eigenvalue weighted by molar-refractivity contribution is 6.30. The Hall–Kier alpha value is -3.11. The molecule has 3 rings (SSSR count). The maximum atomic E-state index is 12.8. The van der Waals surface area contributed by atoms with Crippen molar-refractivity contribution in [3.8, 4) is 5.75 Å². The van der Waals surface area contributed by atoms with Crippen molar-refractivity contribution in [3.63, 3.8) is 0 Å². The average molecular weight is 365 g/mol. The number of benzene rings is 2. The summed E-state index contributed by atoms with van der Waals surface area (Å²) in [7, 11) is 0. The molecule has 1 N–H and O–H groups in total. The summed E-state index contributed by atoms with van der Waals surface area (Å²) >= 11 is 5.88. The molecule has 0 saturated carbocycles. The lowest BCUT2D eigenvalue weighted by Gasteiger charge is -2.22. The average Bonchev–Trinajstić information content (AvgIpc) is 2.67. The Bertz CT molecular complexity index is 909. The molecule has 0 aliphatic heterocycles. The molecule has 0 spiro atoms. The number of halogens is 1. The first-order valence-electron chi connectivity index (χ1n) is 8.06. The first kappa shape index (κ1) is 17.7. The predicted molar refractivity (Wildman–Crippen MR) is 104 cm³/mol. The molecular weight excluding hydrogens is 348 g/mol. The van der Waals surface area contributed by atoms with E-state index in [0.717, 1.165) is 11.3 Å². The summed E-state index contributed by atoms with van der Waals surface area (Å²) in [5.41, 5.74) is 2.02. The number of carbonyl (C=O) groups is 1. The molecule has 2 aromatic carbocycles. The number of phenolic OH excluding ortho intramolecular Hbond substituents is 1. The van der Waals surface area contributed by atoms with Crippen molar-refractivity contribution in [2.24, 2.45) is 0 Å². The number of phenols is 1. The van der Waals surface area contributed by atoms with Crippen molar-refractivity contribution in [3.05, 3.63) is 95.3 Å². The van der Waals surface area contributed by atoms with Gasteiger partial charge in [0.2, 0.25) is 0 Å². The van der Waals surface area contributed by atoms with E-state index in [9.17, 15) is 9.90 Å². The molecule has 130 valence electrons. The van der Waals surface area contributed by atoms with Crippen molar-refractivity contribution >= 4 is 29.3 Å². The third kappa shape index (κ3) is 4.49. The molecule has 0 radical (unpaired) electrons. The molecule has 1 heterocycles. The molecule has 0 fully saturated rings. The topological polar surface area (TPSA) is 53.4 Å². The normalized spacial score (nSPS) is 10.8. The van der Waals surface area contributed by atoms with E-state index in [2.05, 4.69) is 4.98 Å². The summed E-state index contributed by atoms with van der Waals surface area (Å²) in [5.74, 6) is -0.219. The van der Waals surface area contributed by atoms with Crippen LogP contribution in [0.25, 0.3) is 6.08 Å². The number of rotatable bonds is 5. The molecule has 0 bridgehead atoms. The number of aromatic nitrogens is 1.